The predicted octanol–water partition coefficient (Wildman–Crippen LogP) is 1.44. The third-order valence-corrected chi connectivity index (χ3v) is 6.53. The van der Waals surface area contributed by atoms with Crippen LogP contribution in [0, 0.1) is 0 Å². The maximum atomic E-state index is 12.4. The van der Waals surface area contributed by atoms with Gasteiger partial charge in [-0.3, -0.25) is 4.72 Å². The number of carbonyl (C=O) groups is 1. The Morgan fingerprint density at radius 2 is 1.44 bits per heavy atom. The molecule has 0 aliphatic heterocycles. The van der Waals surface area contributed by atoms with Crippen molar-refractivity contribution in [3.63, 3.8) is 0 Å². The van der Waals surface area contributed by atoms with E-state index in [1.165, 1.54) is 50.5 Å². The van der Waals surface area contributed by atoms with Crippen LogP contribution in [0.1, 0.15) is 10.4 Å². The Bertz CT molecular complexity index is 997. The minimum Gasteiger partial charge on any atom is -0.478 e. The molecule has 0 fully saturated rings. The largest absolute Gasteiger partial charge is 0.478 e. The SMILES string of the molecule is CN(C)S(=O)(=O)c1ccc(S(=O)(=O)Nc2ccccc2C(=O)O)cc1. The number of carboxylic acids is 1. The average molecular weight is 384 g/mol. The molecule has 2 rings (SSSR count). The fourth-order valence-corrected chi connectivity index (χ4v) is 3.95. The molecule has 2 N–H and O–H groups in total. The number of nitrogens with one attached hydrogen (secondary N) is 1. The lowest BCUT2D eigenvalue weighted by Gasteiger charge is -2.13. The van der Waals surface area contributed by atoms with Gasteiger partial charge in [0, 0.05) is 14.1 Å². The summed E-state index contributed by atoms with van der Waals surface area (Å²) in [7, 11) is -5.02. The molecule has 0 aliphatic carbocycles. The van der Waals surface area contributed by atoms with Crippen LogP contribution in [-0.2, 0) is 20.0 Å². The maximum Gasteiger partial charge on any atom is 0.337 e. The van der Waals surface area contributed by atoms with E-state index < -0.39 is 26.0 Å². The highest BCUT2D eigenvalue weighted by molar-refractivity contribution is 7.92. The number of para-hydroxylation sites is 1. The minimum absolute atomic E-state index is 0.0533. The molecule has 134 valence electrons. The molecule has 0 unspecified atom stereocenters. The van der Waals surface area contributed by atoms with Crippen molar-refractivity contribution >= 4 is 31.7 Å². The monoisotopic (exact) mass is 384 g/mol. The number of rotatable bonds is 6. The summed E-state index contributed by atoms with van der Waals surface area (Å²) in [6, 6.07) is 10.2. The van der Waals surface area contributed by atoms with Gasteiger partial charge in [-0.1, -0.05) is 12.1 Å². The Hall–Kier alpha value is -2.43. The van der Waals surface area contributed by atoms with E-state index in [0.29, 0.717) is 0 Å². The summed E-state index contributed by atoms with van der Waals surface area (Å²) in [5, 5.41) is 9.10. The van der Waals surface area contributed by atoms with E-state index in [4.69, 9.17) is 5.11 Å². The van der Waals surface area contributed by atoms with Crippen molar-refractivity contribution in [2.45, 2.75) is 9.79 Å². The zero-order chi connectivity index (χ0) is 18.8. The third-order valence-electron chi connectivity index (χ3n) is 3.31. The Kier molecular flexibility index (Phi) is 5.16. The van der Waals surface area contributed by atoms with Crippen molar-refractivity contribution in [2.24, 2.45) is 0 Å². The first kappa shape index (κ1) is 18.9. The van der Waals surface area contributed by atoms with Crippen molar-refractivity contribution in [1.29, 1.82) is 0 Å². The third kappa shape index (κ3) is 3.98. The van der Waals surface area contributed by atoms with Crippen LogP contribution in [0.4, 0.5) is 5.69 Å². The summed E-state index contributed by atoms with van der Waals surface area (Å²) in [6.45, 7) is 0. The summed E-state index contributed by atoms with van der Waals surface area (Å²) in [5.74, 6) is -1.27. The number of nitrogens with zero attached hydrogens (tertiary/aromatic N) is 1. The summed E-state index contributed by atoms with van der Waals surface area (Å²) < 4.78 is 52.0. The topological polar surface area (TPSA) is 121 Å². The molecule has 0 saturated carbocycles. The molecular weight excluding hydrogens is 368 g/mol. The Balaban J connectivity index is 2.37. The first-order valence-electron chi connectivity index (χ1n) is 6.93. The molecule has 10 heteroatoms. The van der Waals surface area contributed by atoms with Crippen molar-refractivity contribution in [1.82, 2.24) is 4.31 Å². The molecule has 0 atom stereocenters. The van der Waals surface area contributed by atoms with Crippen LogP contribution in [0.3, 0.4) is 0 Å². The van der Waals surface area contributed by atoms with Gasteiger partial charge in [0.2, 0.25) is 10.0 Å². The molecule has 0 bridgehead atoms. The summed E-state index contributed by atoms with van der Waals surface area (Å²) in [4.78, 5) is 10.9. The van der Waals surface area contributed by atoms with Crippen LogP contribution in [0.5, 0.6) is 0 Å². The summed E-state index contributed by atoms with van der Waals surface area (Å²) in [6.07, 6.45) is 0. The predicted molar refractivity (Wildman–Crippen MR) is 91.5 cm³/mol. The molecule has 0 aliphatic rings. The number of aromatic carboxylic acids is 1. The molecule has 0 heterocycles. The zero-order valence-electron chi connectivity index (χ0n) is 13.4. The van der Waals surface area contributed by atoms with Crippen LogP contribution in [0.25, 0.3) is 0 Å². The molecule has 8 nitrogen and oxygen atoms in total. The van der Waals surface area contributed by atoms with Crippen LogP contribution >= 0.6 is 0 Å². The smallest absolute Gasteiger partial charge is 0.337 e. The van der Waals surface area contributed by atoms with Crippen LogP contribution < -0.4 is 4.72 Å². The molecule has 0 saturated heterocycles. The zero-order valence-corrected chi connectivity index (χ0v) is 15.0. The van der Waals surface area contributed by atoms with Crippen molar-refractivity contribution in [2.75, 3.05) is 18.8 Å². The van der Waals surface area contributed by atoms with Crippen molar-refractivity contribution in [3.05, 3.63) is 54.1 Å². The molecular formula is C15H16N2O6S2. The standard InChI is InChI=1S/C15H16N2O6S2/c1-17(2)25(22,23)12-9-7-11(8-10-12)24(20,21)16-14-6-4-3-5-13(14)15(18)19/h3-10,16H,1-2H3,(H,18,19). The molecule has 0 spiro atoms. The van der Waals surface area contributed by atoms with Gasteiger partial charge < -0.3 is 5.11 Å². The lowest BCUT2D eigenvalue weighted by Crippen LogP contribution is -2.22. The van der Waals surface area contributed by atoms with E-state index in [1.807, 2.05) is 0 Å². The van der Waals surface area contributed by atoms with Gasteiger partial charge in [0.1, 0.15) is 0 Å². The highest BCUT2D eigenvalue weighted by Gasteiger charge is 2.21. The van der Waals surface area contributed by atoms with Gasteiger partial charge in [0.15, 0.2) is 0 Å². The number of hydrogen-bond acceptors (Lipinski definition) is 5. The van der Waals surface area contributed by atoms with Crippen LogP contribution in [0.2, 0.25) is 0 Å². The quantitative estimate of drug-likeness (QED) is 0.777. The second kappa shape index (κ2) is 6.82. The fourth-order valence-electron chi connectivity index (χ4n) is 1.96. The summed E-state index contributed by atoms with van der Waals surface area (Å²) in [5.41, 5.74) is -0.280. The van der Waals surface area contributed by atoms with Crippen molar-refractivity contribution < 1.29 is 26.7 Å². The second-order valence-corrected chi connectivity index (χ2v) is 9.05. The number of anilines is 1. The Morgan fingerprint density at radius 1 is 0.920 bits per heavy atom. The maximum absolute atomic E-state index is 12.4. The average Bonchev–Trinajstić information content (AvgIpc) is 2.54. The molecule has 0 amide bonds. The van der Waals surface area contributed by atoms with Crippen LogP contribution in [-0.4, -0.2) is 46.3 Å². The second-order valence-electron chi connectivity index (χ2n) is 5.22. The first-order chi connectivity index (χ1) is 11.6. The normalized spacial score (nSPS) is 12.1. The highest BCUT2D eigenvalue weighted by Crippen LogP contribution is 2.22. The van der Waals surface area contributed by atoms with Gasteiger partial charge in [-0.2, -0.15) is 0 Å². The van der Waals surface area contributed by atoms with E-state index in [1.54, 1.807) is 0 Å². The van der Waals surface area contributed by atoms with Gasteiger partial charge >= 0.3 is 5.97 Å². The van der Waals surface area contributed by atoms with Gasteiger partial charge in [-0.05, 0) is 36.4 Å². The van der Waals surface area contributed by atoms with E-state index >= 15 is 0 Å². The summed E-state index contributed by atoms with van der Waals surface area (Å²) >= 11 is 0. The van der Waals surface area contributed by atoms with E-state index in [-0.39, 0.29) is 21.0 Å². The molecule has 0 aromatic heterocycles. The van der Waals surface area contributed by atoms with E-state index in [0.717, 1.165) is 16.4 Å². The van der Waals surface area contributed by atoms with Crippen molar-refractivity contribution in [3.8, 4) is 0 Å². The number of hydrogen-bond donors (Lipinski definition) is 2. The number of sulfonamides is 2. The van der Waals surface area contributed by atoms with E-state index in [9.17, 15) is 21.6 Å². The molecule has 2 aromatic rings. The highest BCUT2D eigenvalue weighted by atomic mass is 32.2. The molecule has 0 radical (unpaired) electrons. The fraction of sp³-hybridized carbons (Fsp3) is 0.133. The van der Waals surface area contributed by atoms with Gasteiger partial charge in [-0.25, -0.2) is 25.9 Å². The minimum atomic E-state index is -4.07. The first-order valence-corrected chi connectivity index (χ1v) is 9.86. The Labute approximate surface area is 145 Å². The van der Waals surface area contributed by atoms with E-state index in [2.05, 4.69) is 4.72 Å². The van der Waals surface area contributed by atoms with Gasteiger partial charge in [-0.15, -0.1) is 0 Å². The lowest BCUT2D eigenvalue weighted by molar-refractivity contribution is 0.0698. The number of benzene rings is 2. The number of carboxylic acid groups (broad SMARTS) is 1. The van der Waals surface area contributed by atoms with Crippen LogP contribution in [0.15, 0.2) is 58.3 Å². The lowest BCUT2D eigenvalue weighted by atomic mass is 10.2. The molecule has 2 aromatic carbocycles. The Morgan fingerprint density at radius 3 is 1.96 bits per heavy atom. The van der Waals surface area contributed by atoms with Gasteiger partial charge in [0.25, 0.3) is 10.0 Å². The molecule has 25 heavy (non-hydrogen) atoms. The van der Waals surface area contributed by atoms with Gasteiger partial charge in [0.05, 0.1) is 21.0 Å².